The third-order valence-electron chi connectivity index (χ3n) is 14.6. The fourth-order valence-corrected chi connectivity index (χ4v) is 12.9. The van der Waals surface area contributed by atoms with Crippen LogP contribution >= 0.6 is 34.3 Å². The molecule has 8 aromatic carbocycles. The Hall–Kier alpha value is -7.77. The van der Waals surface area contributed by atoms with Gasteiger partial charge in [0.25, 0.3) is 0 Å². The quantitative estimate of drug-likeness (QED) is 0.157. The van der Waals surface area contributed by atoms with Gasteiger partial charge in [0, 0.05) is 53.6 Å². The number of hydrogen-bond acceptors (Lipinski definition) is 10. The maximum absolute atomic E-state index is 6.55. The third kappa shape index (κ3) is 7.17. The number of furan rings is 2. The van der Waals surface area contributed by atoms with Crippen molar-refractivity contribution in [3.8, 4) is 45.3 Å². The Balaban J connectivity index is 0.000000140. The van der Waals surface area contributed by atoms with Crippen LogP contribution in [0.3, 0.4) is 0 Å². The zero-order chi connectivity index (χ0) is 49.9. The predicted molar refractivity (Wildman–Crippen MR) is 307 cm³/mol. The number of benzene rings is 8. The van der Waals surface area contributed by atoms with Crippen LogP contribution in [0.5, 0.6) is 0 Å². The summed E-state index contributed by atoms with van der Waals surface area (Å²) in [5, 5.41) is 7.13. The largest absolute Gasteiger partial charge is 0.496 e. The van der Waals surface area contributed by atoms with E-state index in [1.54, 1.807) is 22.7 Å². The highest BCUT2D eigenvalue weighted by molar-refractivity contribution is 7.27. The van der Waals surface area contributed by atoms with Gasteiger partial charge >= 0.3 is 7.12 Å². The second kappa shape index (κ2) is 17.2. The molecule has 1 aliphatic rings. The van der Waals surface area contributed by atoms with Gasteiger partial charge in [-0.15, -0.1) is 22.7 Å². The molecule has 74 heavy (non-hydrogen) atoms. The maximum atomic E-state index is 6.55. The molecule has 14 aromatic rings. The van der Waals surface area contributed by atoms with E-state index in [0.29, 0.717) is 11.6 Å². The second-order valence-corrected chi connectivity index (χ2v) is 22.0. The summed E-state index contributed by atoms with van der Waals surface area (Å²) in [5.41, 5.74) is 11.0. The summed E-state index contributed by atoms with van der Waals surface area (Å²) in [7, 11) is -0.464. The smallest absolute Gasteiger partial charge is 0.455 e. The number of aromatic nitrogens is 4. The molecule has 0 saturated carbocycles. The molecule has 0 atom stereocenters. The van der Waals surface area contributed by atoms with Crippen LogP contribution in [0.25, 0.3) is 130 Å². The summed E-state index contributed by atoms with van der Waals surface area (Å²) in [6.07, 6.45) is 0. The van der Waals surface area contributed by atoms with Crippen LogP contribution in [0, 0.1) is 0 Å². The van der Waals surface area contributed by atoms with Crippen LogP contribution in [0.1, 0.15) is 27.7 Å². The van der Waals surface area contributed by atoms with Crippen molar-refractivity contribution in [1.82, 2.24) is 19.9 Å². The molecule has 0 amide bonds. The molecule has 0 bridgehead atoms. The lowest BCUT2D eigenvalue weighted by atomic mass is 9.78. The number of nitrogens with zero attached hydrogens (tertiary/aromatic N) is 4. The predicted octanol–water partition coefficient (Wildman–Crippen LogP) is 17.1. The monoisotopic (exact) mass is 1020 g/mol. The summed E-state index contributed by atoms with van der Waals surface area (Å²) >= 11 is 9.89. The Bertz CT molecular complexity index is 4530. The molecule has 1 aliphatic heterocycles. The van der Waals surface area contributed by atoms with Crippen LogP contribution in [0.15, 0.2) is 191 Å². The van der Waals surface area contributed by atoms with Crippen LogP contribution < -0.4 is 5.46 Å². The molecule has 8 nitrogen and oxygen atoms in total. The Morgan fingerprint density at radius 1 is 0.405 bits per heavy atom. The Morgan fingerprint density at radius 3 is 1.35 bits per heavy atom. The first kappa shape index (κ1) is 44.9. The number of hydrogen-bond donors (Lipinski definition) is 0. The molecule has 0 N–H and O–H groups in total. The van der Waals surface area contributed by atoms with E-state index in [1.807, 2.05) is 103 Å². The van der Waals surface area contributed by atoms with Crippen LogP contribution in [-0.4, -0.2) is 38.3 Å². The van der Waals surface area contributed by atoms with Crippen molar-refractivity contribution < 1.29 is 18.1 Å². The van der Waals surface area contributed by atoms with E-state index in [1.165, 1.54) is 0 Å². The Morgan fingerprint density at radius 2 is 0.824 bits per heavy atom. The topological polar surface area (TPSA) is 96.3 Å². The molecule has 1 saturated heterocycles. The number of thiophene rings is 2. The average molecular weight is 1020 g/mol. The molecule has 6 aromatic heterocycles. The first-order valence-electron chi connectivity index (χ1n) is 24.5. The van der Waals surface area contributed by atoms with E-state index in [4.69, 9.17) is 49.7 Å². The molecule has 0 aliphatic carbocycles. The lowest BCUT2D eigenvalue weighted by Crippen LogP contribution is -2.41. The summed E-state index contributed by atoms with van der Waals surface area (Å²) in [6, 6.07) is 61.4. The van der Waals surface area contributed by atoms with Gasteiger partial charge in [-0.25, -0.2) is 19.9 Å². The minimum absolute atomic E-state index is 0.427. The van der Waals surface area contributed by atoms with E-state index < -0.39 is 18.3 Å². The average Bonchev–Trinajstić information content (AvgIpc) is 4.25. The summed E-state index contributed by atoms with van der Waals surface area (Å²) < 4.78 is 29.8. The van der Waals surface area contributed by atoms with Gasteiger partial charge in [0.15, 0.2) is 11.6 Å². The molecule has 1 fully saturated rings. The van der Waals surface area contributed by atoms with Gasteiger partial charge in [-0.2, -0.15) is 0 Å². The fourth-order valence-electron chi connectivity index (χ4n) is 10.1. The molecule has 0 radical (unpaired) electrons. The van der Waals surface area contributed by atoms with Crippen molar-refractivity contribution in [1.29, 1.82) is 0 Å². The number of halogens is 1. The van der Waals surface area contributed by atoms with Crippen molar-refractivity contribution in [2.24, 2.45) is 0 Å². The number of rotatable bonds is 5. The van der Waals surface area contributed by atoms with Crippen molar-refractivity contribution in [3.05, 3.63) is 187 Å². The first-order chi connectivity index (χ1) is 36.1. The summed E-state index contributed by atoms with van der Waals surface area (Å²) in [5.74, 6) is 1.28. The lowest BCUT2D eigenvalue weighted by molar-refractivity contribution is 0.00578. The Labute approximate surface area is 438 Å². The van der Waals surface area contributed by atoms with E-state index in [0.717, 1.165) is 129 Å². The van der Waals surface area contributed by atoms with Gasteiger partial charge in [-0.3, -0.25) is 0 Å². The van der Waals surface area contributed by atoms with Gasteiger partial charge in [0.1, 0.15) is 22.3 Å². The molecule has 7 heterocycles. The van der Waals surface area contributed by atoms with Crippen molar-refractivity contribution in [2.75, 3.05) is 0 Å². The van der Waals surface area contributed by atoms with E-state index in [9.17, 15) is 0 Å². The van der Waals surface area contributed by atoms with Gasteiger partial charge in [0.05, 0.1) is 63.9 Å². The van der Waals surface area contributed by atoms with E-state index >= 15 is 0 Å². The van der Waals surface area contributed by atoms with Crippen LogP contribution in [0.4, 0.5) is 0 Å². The number of fused-ring (bicyclic) bond motifs is 12. The van der Waals surface area contributed by atoms with Gasteiger partial charge in [0.2, 0.25) is 0 Å². The second-order valence-electron chi connectivity index (χ2n) is 19.6. The highest BCUT2D eigenvalue weighted by atomic mass is 35.5. The molecule has 15 rings (SSSR count). The molecular formula is C62H42BClN4O4S2. The maximum Gasteiger partial charge on any atom is 0.496 e. The number of para-hydroxylation sites is 4. The van der Waals surface area contributed by atoms with Crippen molar-refractivity contribution in [2.45, 2.75) is 38.9 Å². The highest BCUT2D eigenvalue weighted by Crippen LogP contribution is 2.45. The first-order valence-corrected chi connectivity index (χ1v) is 26.5. The molecule has 12 heteroatoms. The zero-order valence-electron chi connectivity index (χ0n) is 40.5. The standard InChI is InChI=1S/C34H27BN2O3S.C28H15ClN2OS/c1-33(2)34(3,4)40-35(39-33)25-18-11-16-23-28-31(41-30(23)25)27(20-12-6-5-7-13-20)36-32(37-28)24-17-10-15-22-21-14-8-9-19-26(21)38-29(22)24;29-21-14-7-12-19-24-27(33-26(19)21)23(16-8-2-1-3-9-16)30-28(31-24)20-13-6-11-18-17-10-4-5-15-22(17)32-25(18)20/h5-19H,1-4H3;1-15H. The van der Waals surface area contributed by atoms with E-state index in [-0.39, 0.29) is 0 Å². The molecule has 0 unspecified atom stereocenters. The zero-order valence-corrected chi connectivity index (χ0v) is 42.9. The normalized spacial score (nSPS) is 14.4. The van der Waals surface area contributed by atoms with E-state index in [2.05, 4.69) is 107 Å². The summed E-state index contributed by atoms with van der Waals surface area (Å²) in [6.45, 7) is 8.34. The van der Waals surface area contributed by atoms with Gasteiger partial charge in [-0.05, 0) is 58.0 Å². The lowest BCUT2D eigenvalue weighted by Gasteiger charge is -2.32. The van der Waals surface area contributed by atoms with Crippen LogP contribution in [-0.2, 0) is 9.31 Å². The highest BCUT2D eigenvalue weighted by Gasteiger charge is 2.52. The van der Waals surface area contributed by atoms with Crippen LogP contribution in [0.2, 0.25) is 5.02 Å². The Kier molecular flexibility index (Phi) is 10.4. The molecule has 356 valence electrons. The summed E-state index contributed by atoms with van der Waals surface area (Å²) in [4.78, 5) is 20.6. The van der Waals surface area contributed by atoms with Gasteiger partial charge in [-0.1, -0.05) is 163 Å². The molecule has 0 spiro atoms. The third-order valence-corrected chi connectivity index (χ3v) is 17.5. The van der Waals surface area contributed by atoms with Gasteiger partial charge < -0.3 is 18.1 Å². The minimum Gasteiger partial charge on any atom is -0.455 e. The fraction of sp³-hybridized carbons (Fsp3) is 0.0968. The van der Waals surface area contributed by atoms with Crippen molar-refractivity contribution >= 4 is 131 Å². The SMILES string of the molecule is CC1(C)OB(c2cccc3c2sc2c(-c4ccccc4)nc(-c4cccc5c4oc4ccccc45)nc23)OC1(C)C.Clc1cccc2c1sc1c(-c3ccccc3)nc(-c3cccc4c3oc3ccccc34)nc12. The molecular weight excluding hydrogens is 975 g/mol. The minimum atomic E-state index is -0.464. The van der Waals surface area contributed by atoms with Crippen molar-refractivity contribution in [3.63, 3.8) is 0 Å².